The van der Waals surface area contributed by atoms with Crippen LogP contribution < -0.4 is 0 Å². The highest BCUT2D eigenvalue weighted by atomic mass is 16.4. The van der Waals surface area contributed by atoms with Crippen molar-refractivity contribution < 1.29 is 9.90 Å². The molecule has 1 atom stereocenters. The number of rotatable bonds is 3. The Kier molecular flexibility index (Phi) is 4.40. The van der Waals surface area contributed by atoms with Gasteiger partial charge in [-0.05, 0) is 51.9 Å². The van der Waals surface area contributed by atoms with Gasteiger partial charge >= 0.3 is 5.97 Å². The fourth-order valence-corrected chi connectivity index (χ4v) is 3.14. The molecule has 4 nitrogen and oxygen atoms in total. The van der Waals surface area contributed by atoms with Crippen LogP contribution in [-0.2, 0) is 4.79 Å². The van der Waals surface area contributed by atoms with E-state index in [9.17, 15) is 4.79 Å². The van der Waals surface area contributed by atoms with Gasteiger partial charge in [-0.15, -0.1) is 0 Å². The smallest absolute Gasteiger partial charge is 0.307 e. The van der Waals surface area contributed by atoms with Crippen molar-refractivity contribution in [3.63, 3.8) is 0 Å². The van der Waals surface area contributed by atoms with Crippen molar-refractivity contribution in [2.45, 2.75) is 38.6 Å². The van der Waals surface area contributed by atoms with Crippen LogP contribution in [0.3, 0.4) is 0 Å². The van der Waals surface area contributed by atoms with Crippen LogP contribution in [0.1, 0.15) is 32.6 Å². The van der Waals surface area contributed by atoms with E-state index >= 15 is 0 Å². The van der Waals surface area contributed by atoms with Gasteiger partial charge in [0.1, 0.15) is 0 Å². The summed E-state index contributed by atoms with van der Waals surface area (Å²) in [5.74, 6) is -0.742. The van der Waals surface area contributed by atoms with Crippen molar-refractivity contribution in [3.05, 3.63) is 0 Å². The summed E-state index contributed by atoms with van der Waals surface area (Å²) in [6.07, 6.45) is 4.32. The third kappa shape index (κ3) is 3.19. The SMILES string of the molecule is CCN1CCC(N2CCC[C@H](C(=O)O)C2)CC1. The van der Waals surface area contributed by atoms with Crippen molar-refractivity contribution in [1.82, 2.24) is 9.80 Å². The van der Waals surface area contributed by atoms with Crippen LogP contribution in [0.2, 0.25) is 0 Å². The van der Waals surface area contributed by atoms with E-state index in [1.54, 1.807) is 0 Å². The minimum Gasteiger partial charge on any atom is -0.481 e. The van der Waals surface area contributed by atoms with Crippen molar-refractivity contribution in [3.8, 4) is 0 Å². The first-order valence-electron chi connectivity index (χ1n) is 6.90. The first kappa shape index (κ1) is 12.8. The molecule has 2 saturated heterocycles. The highest BCUT2D eigenvalue weighted by molar-refractivity contribution is 5.70. The van der Waals surface area contributed by atoms with Crippen LogP contribution in [0.25, 0.3) is 0 Å². The Bertz CT molecular complexity index is 262. The summed E-state index contributed by atoms with van der Waals surface area (Å²) >= 11 is 0. The molecule has 0 aromatic rings. The van der Waals surface area contributed by atoms with Crippen LogP contribution in [0.4, 0.5) is 0 Å². The molecule has 0 spiro atoms. The highest BCUT2D eigenvalue weighted by Gasteiger charge is 2.31. The predicted molar refractivity (Wildman–Crippen MR) is 67.1 cm³/mol. The molecule has 0 aromatic carbocycles. The average Bonchev–Trinajstić information content (AvgIpc) is 2.39. The van der Waals surface area contributed by atoms with Crippen LogP contribution in [0.15, 0.2) is 0 Å². The minimum atomic E-state index is -0.610. The van der Waals surface area contributed by atoms with E-state index in [4.69, 9.17) is 5.11 Å². The molecule has 0 aromatic heterocycles. The summed E-state index contributed by atoms with van der Waals surface area (Å²) in [5.41, 5.74) is 0. The molecule has 0 aliphatic carbocycles. The quantitative estimate of drug-likeness (QED) is 0.807. The van der Waals surface area contributed by atoms with Crippen molar-refractivity contribution in [2.24, 2.45) is 5.92 Å². The number of aliphatic carboxylic acids is 1. The molecule has 0 unspecified atom stereocenters. The van der Waals surface area contributed by atoms with Crippen LogP contribution >= 0.6 is 0 Å². The lowest BCUT2D eigenvalue weighted by molar-refractivity contribution is -0.144. The molecule has 0 saturated carbocycles. The highest BCUT2D eigenvalue weighted by Crippen LogP contribution is 2.23. The Hall–Kier alpha value is -0.610. The fourth-order valence-electron chi connectivity index (χ4n) is 3.14. The second-order valence-electron chi connectivity index (χ2n) is 5.34. The zero-order chi connectivity index (χ0) is 12.3. The molecule has 2 heterocycles. The molecular weight excluding hydrogens is 216 g/mol. The van der Waals surface area contributed by atoms with Gasteiger partial charge in [0.05, 0.1) is 5.92 Å². The van der Waals surface area contributed by atoms with Gasteiger partial charge in [0, 0.05) is 12.6 Å². The number of hydrogen-bond donors (Lipinski definition) is 1. The molecule has 2 rings (SSSR count). The second-order valence-corrected chi connectivity index (χ2v) is 5.34. The van der Waals surface area contributed by atoms with E-state index in [1.807, 2.05) is 0 Å². The van der Waals surface area contributed by atoms with Crippen LogP contribution in [0.5, 0.6) is 0 Å². The summed E-state index contributed by atoms with van der Waals surface area (Å²) in [4.78, 5) is 16.0. The number of piperidine rings is 2. The number of likely N-dealkylation sites (tertiary alicyclic amines) is 2. The Morgan fingerprint density at radius 3 is 2.53 bits per heavy atom. The number of carboxylic acid groups (broad SMARTS) is 1. The molecular formula is C13H24N2O2. The Labute approximate surface area is 104 Å². The maximum Gasteiger partial charge on any atom is 0.307 e. The topological polar surface area (TPSA) is 43.8 Å². The summed E-state index contributed by atoms with van der Waals surface area (Å²) in [6, 6.07) is 0.625. The van der Waals surface area contributed by atoms with E-state index < -0.39 is 5.97 Å². The molecule has 0 amide bonds. The molecule has 0 bridgehead atoms. The van der Waals surface area contributed by atoms with Gasteiger partial charge in [0.25, 0.3) is 0 Å². The van der Waals surface area contributed by atoms with E-state index in [0.29, 0.717) is 6.04 Å². The van der Waals surface area contributed by atoms with Crippen molar-refractivity contribution >= 4 is 5.97 Å². The molecule has 2 aliphatic heterocycles. The summed E-state index contributed by atoms with van der Waals surface area (Å²) in [5, 5.41) is 9.10. The zero-order valence-corrected chi connectivity index (χ0v) is 10.8. The monoisotopic (exact) mass is 240 g/mol. The minimum absolute atomic E-state index is 0.132. The first-order valence-corrected chi connectivity index (χ1v) is 6.90. The molecule has 2 fully saturated rings. The van der Waals surface area contributed by atoms with E-state index in [2.05, 4.69) is 16.7 Å². The summed E-state index contributed by atoms with van der Waals surface area (Å²) in [6.45, 7) is 7.57. The fraction of sp³-hybridized carbons (Fsp3) is 0.923. The van der Waals surface area contributed by atoms with E-state index in [1.165, 1.54) is 25.9 Å². The molecule has 2 aliphatic rings. The Morgan fingerprint density at radius 2 is 1.94 bits per heavy atom. The molecule has 4 heteroatoms. The maximum atomic E-state index is 11.0. The standard InChI is InChI=1S/C13H24N2O2/c1-2-14-8-5-12(6-9-14)15-7-3-4-11(10-15)13(16)17/h11-12H,2-10H2,1H3,(H,16,17)/t11-/m0/s1. The first-order chi connectivity index (χ1) is 8.20. The zero-order valence-electron chi connectivity index (χ0n) is 10.8. The number of carboxylic acids is 1. The number of hydrogen-bond acceptors (Lipinski definition) is 3. The van der Waals surface area contributed by atoms with Gasteiger partial charge in [-0.2, -0.15) is 0 Å². The van der Waals surface area contributed by atoms with E-state index in [0.717, 1.165) is 32.5 Å². The lowest BCUT2D eigenvalue weighted by Gasteiger charge is -2.41. The van der Waals surface area contributed by atoms with Gasteiger partial charge < -0.3 is 10.0 Å². The second kappa shape index (κ2) is 5.83. The van der Waals surface area contributed by atoms with Crippen molar-refractivity contribution in [1.29, 1.82) is 0 Å². The van der Waals surface area contributed by atoms with Gasteiger partial charge in [-0.25, -0.2) is 0 Å². The lowest BCUT2D eigenvalue weighted by atomic mass is 9.94. The average molecular weight is 240 g/mol. The Balaban J connectivity index is 1.84. The van der Waals surface area contributed by atoms with Gasteiger partial charge in [0.15, 0.2) is 0 Å². The Morgan fingerprint density at radius 1 is 1.24 bits per heavy atom. The van der Waals surface area contributed by atoms with E-state index in [-0.39, 0.29) is 5.92 Å². The predicted octanol–water partition coefficient (Wildman–Crippen LogP) is 1.27. The van der Waals surface area contributed by atoms with Crippen LogP contribution in [0, 0.1) is 5.92 Å². The molecule has 17 heavy (non-hydrogen) atoms. The molecule has 1 N–H and O–H groups in total. The third-order valence-electron chi connectivity index (χ3n) is 4.32. The van der Waals surface area contributed by atoms with Gasteiger partial charge in [-0.1, -0.05) is 6.92 Å². The lowest BCUT2D eigenvalue weighted by Crippen LogP contribution is -2.49. The normalized spacial score (nSPS) is 29.4. The summed E-state index contributed by atoms with van der Waals surface area (Å²) < 4.78 is 0. The maximum absolute atomic E-state index is 11.0. The van der Waals surface area contributed by atoms with Gasteiger partial charge in [-0.3, -0.25) is 9.69 Å². The van der Waals surface area contributed by atoms with Crippen molar-refractivity contribution in [2.75, 3.05) is 32.7 Å². The molecule has 98 valence electrons. The molecule has 0 radical (unpaired) electrons. The summed E-state index contributed by atoms with van der Waals surface area (Å²) in [7, 11) is 0. The van der Waals surface area contributed by atoms with Crippen LogP contribution in [-0.4, -0.2) is 59.6 Å². The van der Waals surface area contributed by atoms with Gasteiger partial charge in [0.2, 0.25) is 0 Å². The largest absolute Gasteiger partial charge is 0.481 e. The third-order valence-corrected chi connectivity index (χ3v) is 4.32. The number of carbonyl (C=O) groups is 1. The number of nitrogens with zero attached hydrogens (tertiary/aromatic N) is 2.